The first kappa shape index (κ1) is 19.0. The maximum atomic E-state index is 12.4. The second-order valence-electron chi connectivity index (χ2n) is 5.52. The highest BCUT2D eigenvalue weighted by Crippen LogP contribution is 2.28. The van der Waals surface area contributed by atoms with Gasteiger partial charge in [-0.25, -0.2) is 0 Å². The fraction of sp³-hybridized carbons (Fsp3) is 0.333. The summed E-state index contributed by atoms with van der Waals surface area (Å²) in [7, 11) is 1.49. The Balaban J connectivity index is 1.92. The van der Waals surface area contributed by atoms with Crippen molar-refractivity contribution in [1.29, 1.82) is 0 Å². The Kier molecular flexibility index (Phi) is 7.03. The van der Waals surface area contributed by atoms with Gasteiger partial charge in [0.15, 0.2) is 0 Å². The zero-order valence-corrected chi connectivity index (χ0v) is 15.2. The molecule has 2 rings (SSSR count). The minimum atomic E-state index is -0.243. The Morgan fingerprint density at radius 1 is 1.40 bits per heavy atom. The van der Waals surface area contributed by atoms with E-state index >= 15 is 0 Å². The second-order valence-corrected chi connectivity index (χ2v) is 5.93. The van der Waals surface area contributed by atoms with Crippen LogP contribution in [0.1, 0.15) is 23.0 Å². The van der Waals surface area contributed by atoms with Gasteiger partial charge in [0.25, 0.3) is 5.91 Å². The van der Waals surface area contributed by atoms with E-state index in [4.69, 9.17) is 22.1 Å². The Hall–Kier alpha value is -2.31. The van der Waals surface area contributed by atoms with Crippen LogP contribution in [0.4, 0.5) is 5.69 Å². The number of hydrogen-bond acceptors (Lipinski definition) is 5. The number of likely N-dealkylation sites (N-methyl/N-ethyl adjacent to an activating group) is 1. The molecule has 3 N–H and O–H groups in total. The van der Waals surface area contributed by atoms with Gasteiger partial charge in [0.05, 0.1) is 29.1 Å². The van der Waals surface area contributed by atoms with Gasteiger partial charge in [-0.2, -0.15) is 0 Å². The van der Waals surface area contributed by atoms with E-state index in [1.807, 2.05) is 18.2 Å². The lowest BCUT2D eigenvalue weighted by atomic mass is 10.1. The standard InChI is InChI=1S/C18H23ClN4O2/c1-3-23(12-13-6-4-5-7-21-13)9-8-22-18(24)14-10-15(19)16(20)11-17(14)25-2/h4-7,10-11H,3,8-9,12,20H2,1-2H3,(H,22,24). The molecule has 0 saturated heterocycles. The van der Waals surface area contributed by atoms with Crippen LogP contribution in [0.3, 0.4) is 0 Å². The van der Waals surface area contributed by atoms with E-state index in [0.717, 1.165) is 18.8 Å². The third-order valence-corrected chi connectivity index (χ3v) is 4.16. The topological polar surface area (TPSA) is 80.5 Å². The van der Waals surface area contributed by atoms with Crippen LogP contribution in [0, 0.1) is 0 Å². The lowest BCUT2D eigenvalue weighted by molar-refractivity contribution is 0.0945. The van der Waals surface area contributed by atoms with Crippen LogP contribution < -0.4 is 15.8 Å². The van der Waals surface area contributed by atoms with E-state index in [1.165, 1.54) is 13.2 Å². The second kappa shape index (κ2) is 9.25. The average molecular weight is 363 g/mol. The molecule has 1 aromatic heterocycles. The van der Waals surface area contributed by atoms with Crippen molar-refractivity contribution < 1.29 is 9.53 Å². The molecule has 1 aromatic carbocycles. The molecule has 0 aliphatic rings. The van der Waals surface area contributed by atoms with E-state index in [2.05, 4.69) is 22.1 Å². The van der Waals surface area contributed by atoms with Crippen molar-refractivity contribution in [2.45, 2.75) is 13.5 Å². The van der Waals surface area contributed by atoms with Crippen molar-refractivity contribution in [1.82, 2.24) is 15.2 Å². The van der Waals surface area contributed by atoms with Crippen molar-refractivity contribution >= 4 is 23.2 Å². The van der Waals surface area contributed by atoms with E-state index in [9.17, 15) is 4.79 Å². The highest BCUT2D eigenvalue weighted by molar-refractivity contribution is 6.33. The summed E-state index contributed by atoms with van der Waals surface area (Å²) in [4.78, 5) is 18.9. The molecule has 0 atom stereocenters. The molecule has 7 heteroatoms. The number of methoxy groups -OCH3 is 1. The Labute approximate surface area is 152 Å². The zero-order valence-electron chi connectivity index (χ0n) is 14.5. The van der Waals surface area contributed by atoms with Crippen LogP contribution in [0.15, 0.2) is 36.5 Å². The zero-order chi connectivity index (χ0) is 18.2. The number of halogens is 1. The maximum Gasteiger partial charge on any atom is 0.255 e. The third kappa shape index (κ3) is 5.34. The van der Waals surface area contributed by atoms with Crippen molar-refractivity contribution in [2.24, 2.45) is 0 Å². The van der Waals surface area contributed by atoms with Crippen LogP contribution >= 0.6 is 11.6 Å². The number of rotatable bonds is 8. The van der Waals surface area contributed by atoms with Gasteiger partial charge < -0.3 is 15.8 Å². The number of nitrogen functional groups attached to an aromatic ring is 1. The lowest BCUT2D eigenvalue weighted by Gasteiger charge is -2.20. The smallest absolute Gasteiger partial charge is 0.255 e. The van der Waals surface area contributed by atoms with Gasteiger partial charge in [0, 0.05) is 31.9 Å². The number of pyridine rings is 1. The molecular weight excluding hydrogens is 340 g/mol. The van der Waals surface area contributed by atoms with Crippen LogP contribution in [-0.4, -0.2) is 42.5 Å². The maximum absolute atomic E-state index is 12.4. The van der Waals surface area contributed by atoms with Gasteiger partial charge in [-0.15, -0.1) is 0 Å². The molecule has 0 bridgehead atoms. The van der Waals surface area contributed by atoms with E-state index in [-0.39, 0.29) is 5.91 Å². The molecular formula is C18H23ClN4O2. The monoisotopic (exact) mass is 362 g/mol. The molecule has 0 radical (unpaired) electrons. The summed E-state index contributed by atoms with van der Waals surface area (Å²) in [5.74, 6) is 0.160. The summed E-state index contributed by atoms with van der Waals surface area (Å²) in [6, 6.07) is 8.93. The van der Waals surface area contributed by atoms with E-state index in [0.29, 0.717) is 35.1 Å². The molecule has 1 amide bonds. The lowest BCUT2D eigenvalue weighted by Crippen LogP contribution is -2.35. The molecule has 134 valence electrons. The Morgan fingerprint density at radius 2 is 2.20 bits per heavy atom. The summed E-state index contributed by atoms with van der Waals surface area (Å²) in [6.45, 7) is 4.90. The van der Waals surface area contributed by atoms with Gasteiger partial charge in [0.2, 0.25) is 0 Å². The van der Waals surface area contributed by atoms with E-state index < -0.39 is 0 Å². The SMILES string of the molecule is CCN(CCNC(=O)c1cc(Cl)c(N)cc1OC)Cc1ccccn1. The molecule has 2 aromatic rings. The average Bonchev–Trinajstić information content (AvgIpc) is 2.63. The van der Waals surface area contributed by atoms with Gasteiger partial charge in [-0.1, -0.05) is 24.6 Å². The number of amides is 1. The first-order chi connectivity index (χ1) is 12.0. The molecule has 1 heterocycles. The number of nitrogens with zero attached hydrogens (tertiary/aromatic N) is 2. The van der Waals surface area contributed by atoms with Crippen molar-refractivity contribution in [2.75, 3.05) is 32.5 Å². The minimum absolute atomic E-state index is 0.243. The first-order valence-corrected chi connectivity index (χ1v) is 8.46. The quantitative estimate of drug-likeness (QED) is 0.705. The summed E-state index contributed by atoms with van der Waals surface area (Å²) < 4.78 is 5.21. The predicted molar refractivity (Wildman–Crippen MR) is 99.9 cm³/mol. The number of hydrogen-bond donors (Lipinski definition) is 2. The number of aromatic nitrogens is 1. The number of nitrogens with two attached hydrogens (primary N) is 1. The summed E-state index contributed by atoms with van der Waals surface area (Å²) in [6.07, 6.45) is 1.78. The highest BCUT2D eigenvalue weighted by Gasteiger charge is 2.15. The van der Waals surface area contributed by atoms with E-state index in [1.54, 1.807) is 12.3 Å². The molecule has 25 heavy (non-hydrogen) atoms. The normalized spacial score (nSPS) is 10.7. The minimum Gasteiger partial charge on any atom is -0.496 e. The number of benzene rings is 1. The highest BCUT2D eigenvalue weighted by atomic mass is 35.5. The molecule has 0 spiro atoms. The fourth-order valence-electron chi connectivity index (χ4n) is 2.41. The Morgan fingerprint density at radius 3 is 2.84 bits per heavy atom. The van der Waals surface area contributed by atoms with Crippen molar-refractivity contribution in [3.05, 3.63) is 52.8 Å². The largest absolute Gasteiger partial charge is 0.496 e. The van der Waals surface area contributed by atoms with Crippen LogP contribution in [0.25, 0.3) is 0 Å². The number of carbonyl (C=O) groups excluding carboxylic acids is 1. The number of nitrogens with one attached hydrogen (secondary N) is 1. The number of anilines is 1. The Bertz CT molecular complexity index is 710. The summed E-state index contributed by atoms with van der Waals surface area (Å²) in [5.41, 5.74) is 7.49. The first-order valence-electron chi connectivity index (χ1n) is 8.08. The third-order valence-electron chi connectivity index (χ3n) is 3.84. The van der Waals surface area contributed by atoms with Gasteiger partial charge in [-0.05, 0) is 24.7 Å². The summed E-state index contributed by atoms with van der Waals surface area (Å²) >= 11 is 6.01. The van der Waals surface area contributed by atoms with Crippen LogP contribution in [0.2, 0.25) is 5.02 Å². The fourth-order valence-corrected chi connectivity index (χ4v) is 2.57. The molecule has 6 nitrogen and oxygen atoms in total. The van der Waals surface area contributed by atoms with Crippen LogP contribution in [-0.2, 0) is 6.54 Å². The van der Waals surface area contributed by atoms with Crippen molar-refractivity contribution in [3.8, 4) is 5.75 Å². The van der Waals surface area contributed by atoms with Crippen LogP contribution in [0.5, 0.6) is 5.75 Å². The molecule has 0 fully saturated rings. The van der Waals surface area contributed by atoms with Crippen molar-refractivity contribution in [3.63, 3.8) is 0 Å². The molecule has 0 aliphatic carbocycles. The summed E-state index contributed by atoms with van der Waals surface area (Å²) in [5, 5.41) is 3.22. The van der Waals surface area contributed by atoms with Gasteiger partial charge >= 0.3 is 0 Å². The van der Waals surface area contributed by atoms with Gasteiger partial charge in [-0.3, -0.25) is 14.7 Å². The molecule has 0 saturated carbocycles. The number of carbonyl (C=O) groups is 1. The predicted octanol–water partition coefficient (Wildman–Crippen LogP) is 2.58. The van der Waals surface area contributed by atoms with Gasteiger partial charge in [0.1, 0.15) is 5.75 Å². The molecule has 0 unspecified atom stereocenters. The number of ether oxygens (including phenoxy) is 1. The molecule has 0 aliphatic heterocycles.